The Kier molecular flexibility index (Phi) is 6.06. The molecule has 1 heteroatoms. The third-order valence-corrected chi connectivity index (χ3v) is 4.62. The Morgan fingerprint density at radius 2 is 2.05 bits per heavy atom. The lowest BCUT2D eigenvalue weighted by atomic mass is 9.76. The van der Waals surface area contributed by atoms with Crippen molar-refractivity contribution in [2.75, 3.05) is 6.61 Å². The van der Waals surface area contributed by atoms with E-state index in [2.05, 4.69) is 63.8 Å². The monoisotopic (exact) mass is 296 g/mol. The Bertz CT molecular complexity index is 551. The van der Waals surface area contributed by atoms with Crippen molar-refractivity contribution < 1.29 is 4.74 Å². The maximum atomic E-state index is 5.88. The fourth-order valence-corrected chi connectivity index (χ4v) is 3.26. The number of hydrogen-bond donors (Lipinski definition) is 0. The van der Waals surface area contributed by atoms with E-state index in [1.165, 1.54) is 16.7 Å². The zero-order valence-electron chi connectivity index (χ0n) is 14.1. The minimum atomic E-state index is 0.470. The molecule has 2 rings (SSSR count). The van der Waals surface area contributed by atoms with Crippen LogP contribution in [0.2, 0.25) is 0 Å². The first-order valence-electron chi connectivity index (χ1n) is 8.29. The lowest BCUT2D eigenvalue weighted by molar-refractivity contribution is 0.201. The highest BCUT2D eigenvalue weighted by atomic mass is 16.5. The summed E-state index contributed by atoms with van der Waals surface area (Å²) in [7, 11) is 0. The van der Waals surface area contributed by atoms with E-state index in [9.17, 15) is 0 Å². The van der Waals surface area contributed by atoms with E-state index >= 15 is 0 Å². The van der Waals surface area contributed by atoms with Crippen molar-refractivity contribution in [1.29, 1.82) is 0 Å². The zero-order valence-corrected chi connectivity index (χ0v) is 14.1. The molecule has 0 heterocycles. The lowest BCUT2D eigenvalue weighted by Gasteiger charge is -2.30. The molecular formula is C21H28O. The molecule has 0 bridgehead atoms. The number of benzene rings is 1. The van der Waals surface area contributed by atoms with Crippen LogP contribution in [0.5, 0.6) is 0 Å². The fraction of sp³-hybridized carbons (Fsp3) is 0.429. The molecule has 0 aliphatic heterocycles. The molecule has 0 aromatic heterocycles. The first-order chi connectivity index (χ1) is 10.6. The molecule has 1 unspecified atom stereocenters. The second-order valence-corrected chi connectivity index (χ2v) is 6.25. The van der Waals surface area contributed by atoms with E-state index in [1.54, 1.807) is 0 Å². The van der Waals surface area contributed by atoms with Gasteiger partial charge in [0.1, 0.15) is 0 Å². The van der Waals surface area contributed by atoms with Gasteiger partial charge in [0.05, 0.1) is 12.4 Å². The van der Waals surface area contributed by atoms with Gasteiger partial charge in [0.2, 0.25) is 0 Å². The number of rotatable bonds is 6. The third-order valence-electron chi connectivity index (χ3n) is 4.62. The van der Waals surface area contributed by atoms with Crippen LogP contribution in [0.25, 0.3) is 0 Å². The summed E-state index contributed by atoms with van der Waals surface area (Å²) in [6, 6.07) is 10.5. The molecule has 0 saturated heterocycles. The molecule has 1 aromatic rings. The molecule has 1 aliphatic rings. The van der Waals surface area contributed by atoms with E-state index < -0.39 is 0 Å². The molecule has 22 heavy (non-hydrogen) atoms. The van der Waals surface area contributed by atoms with Crippen LogP contribution in [0.1, 0.15) is 39.2 Å². The van der Waals surface area contributed by atoms with Gasteiger partial charge in [0, 0.05) is 18.8 Å². The average molecular weight is 296 g/mol. The maximum Gasteiger partial charge on any atom is 0.0917 e. The first kappa shape index (κ1) is 16.6. The second kappa shape index (κ2) is 8.03. The highest BCUT2D eigenvalue weighted by Crippen LogP contribution is 2.37. The largest absolute Gasteiger partial charge is 0.498 e. The molecule has 1 aromatic carbocycles. The molecule has 0 fully saturated rings. The third kappa shape index (κ3) is 4.37. The molecule has 1 aliphatic carbocycles. The van der Waals surface area contributed by atoms with Gasteiger partial charge in [0.15, 0.2) is 0 Å². The summed E-state index contributed by atoms with van der Waals surface area (Å²) in [6.45, 7) is 11.5. The maximum absolute atomic E-state index is 5.88. The van der Waals surface area contributed by atoms with Crippen molar-refractivity contribution in [3.8, 4) is 0 Å². The van der Waals surface area contributed by atoms with Crippen molar-refractivity contribution in [1.82, 2.24) is 0 Å². The Morgan fingerprint density at radius 3 is 2.73 bits per heavy atom. The predicted octanol–water partition coefficient (Wildman–Crippen LogP) is 5.70. The predicted molar refractivity (Wildman–Crippen MR) is 94.6 cm³/mol. The SMILES string of the molecule is C=C(C[C@@H]1C(C)=CCC(C)/C1=C/C)OCCc1ccccc1. The number of allylic oxidation sites excluding steroid dienone is 5. The van der Waals surface area contributed by atoms with Crippen molar-refractivity contribution in [2.45, 2.75) is 40.0 Å². The highest BCUT2D eigenvalue weighted by molar-refractivity contribution is 5.28. The van der Waals surface area contributed by atoms with Crippen LogP contribution in [0.15, 0.2) is 66.0 Å². The Hall–Kier alpha value is -1.76. The van der Waals surface area contributed by atoms with Crippen molar-refractivity contribution in [3.05, 3.63) is 71.5 Å². The molecule has 118 valence electrons. The van der Waals surface area contributed by atoms with Crippen LogP contribution in [0, 0.1) is 11.8 Å². The Morgan fingerprint density at radius 1 is 1.32 bits per heavy atom. The van der Waals surface area contributed by atoms with Gasteiger partial charge in [-0.25, -0.2) is 0 Å². The van der Waals surface area contributed by atoms with E-state index in [4.69, 9.17) is 4.74 Å². The number of hydrogen-bond acceptors (Lipinski definition) is 1. The van der Waals surface area contributed by atoms with Gasteiger partial charge in [-0.3, -0.25) is 0 Å². The van der Waals surface area contributed by atoms with Gasteiger partial charge >= 0.3 is 0 Å². The molecular weight excluding hydrogens is 268 g/mol. The molecule has 0 radical (unpaired) electrons. The second-order valence-electron chi connectivity index (χ2n) is 6.25. The average Bonchev–Trinajstić information content (AvgIpc) is 2.52. The molecule has 0 N–H and O–H groups in total. The molecule has 2 atom stereocenters. The van der Waals surface area contributed by atoms with E-state index in [0.717, 1.165) is 25.0 Å². The smallest absolute Gasteiger partial charge is 0.0917 e. The van der Waals surface area contributed by atoms with E-state index in [1.807, 2.05) is 6.07 Å². The Balaban J connectivity index is 1.86. The summed E-state index contributed by atoms with van der Waals surface area (Å²) in [5, 5.41) is 0. The number of ether oxygens (including phenoxy) is 1. The highest BCUT2D eigenvalue weighted by Gasteiger charge is 2.25. The summed E-state index contributed by atoms with van der Waals surface area (Å²) in [6.07, 6.45) is 7.65. The zero-order chi connectivity index (χ0) is 15.9. The molecule has 1 nitrogen and oxygen atoms in total. The van der Waals surface area contributed by atoms with Gasteiger partial charge in [-0.15, -0.1) is 0 Å². The standard InChI is InChI=1S/C21H28O/c1-5-20-16(2)11-12-17(3)21(20)15-18(4)22-14-13-19-9-7-6-8-10-19/h5-10,12,16,21H,4,11,13-15H2,1-3H3/b20-5-/t16?,21-/m1/s1. The van der Waals surface area contributed by atoms with Crippen LogP contribution >= 0.6 is 0 Å². The first-order valence-corrected chi connectivity index (χ1v) is 8.29. The summed E-state index contributed by atoms with van der Waals surface area (Å²) in [5.74, 6) is 2.01. The Labute approximate surface area is 135 Å². The summed E-state index contributed by atoms with van der Waals surface area (Å²) in [4.78, 5) is 0. The lowest BCUT2D eigenvalue weighted by Crippen LogP contribution is -2.18. The van der Waals surface area contributed by atoms with Gasteiger partial charge < -0.3 is 4.74 Å². The van der Waals surface area contributed by atoms with Crippen molar-refractivity contribution >= 4 is 0 Å². The van der Waals surface area contributed by atoms with Crippen LogP contribution in [0.4, 0.5) is 0 Å². The van der Waals surface area contributed by atoms with E-state index in [-0.39, 0.29) is 0 Å². The quantitative estimate of drug-likeness (QED) is 0.483. The van der Waals surface area contributed by atoms with Gasteiger partial charge in [-0.05, 0) is 31.7 Å². The fourth-order valence-electron chi connectivity index (χ4n) is 3.26. The summed E-state index contributed by atoms with van der Waals surface area (Å²) in [5.41, 5.74) is 4.30. The molecule has 0 saturated carbocycles. The van der Waals surface area contributed by atoms with Crippen molar-refractivity contribution in [3.63, 3.8) is 0 Å². The van der Waals surface area contributed by atoms with E-state index in [0.29, 0.717) is 18.4 Å². The molecule has 0 amide bonds. The van der Waals surface area contributed by atoms with Crippen LogP contribution < -0.4 is 0 Å². The topological polar surface area (TPSA) is 9.23 Å². The van der Waals surface area contributed by atoms with Crippen LogP contribution in [-0.2, 0) is 11.2 Å². The minimum absolute atomic E-state index is 0.470. The van der Waals surface area contributed by atoms with Crippen molar-refractivity contribution in [2.24, 2.45) is 11.8 Å². The van der Waals surface area contributed by atoms with Crippen LogP contribution in [0.3, 0.4) is 0 Å². The van der Waals surface area contributed by atoms with Gasteiger partial charge in [-0.2, -0.15) is 0 Å². The minimum Gasteiger partial charge on any atom is -0.498 e. The summed E-state index contributed by atoms with van der Waals surface area (Å²) < 4.78 is 5.88. The molecule has 0 spiro atoms. The summed E-state index contributed by atoms with van der Waals surface area (Å²) >= 11 is 0. The normalized spacial score (nSPS) is 23.2. The van der Waals surface area contributed by atoms with Crippen LogP contribution in [-0.4, -0.2) is 6.61 Å². The van der Waals surface area contributed by atoms with Gasteiger partial charge in [-0.1, -0.05) is 67.1 Å². The van der Waals surface area contributed by atoms with Gasteiger partial charge in [0.25, 0.3) is 0 Å².